The Bertz CT molecular complexity index is 990. The van der Waals surface area contributed by atoms with Crippen LogP contribution in [0, 0.1) is 0 Å². The molecule has 0 aliphatic carbocycles. The molecule has 2 aromatic carbocycles. The smallest absolute Gasteiger partial charge is 0.372 e. The molecule has 0 radical (unpaired) electrons. The van der Waals surface area contributed by atoms with Crippen molar-refractivity contribution in [2.24, 2.45) is 0 Å². The predicted molar refractivity (Wildman–Crippen MR) is 91.1 cm³/mol. The molecule has 0 spiro atoms. The van der Waals surface area contributed by atoms with E-state index in [0.717, 1.165) is 0 Å². The number of fused-ring (bicyclic) bond motifs is 1. The number of ether oxygens (including phenoxy) is 1. The van der Waals surface area contributed by atoms with Crippen molar-refractivity contribution in [3.8, 4) is 16.9 Å². The second kappa shape index (κ2) is 6.37. The number of hydrogen-bond acceptors (Lipinski definition) is 4. The van der Waals surface area contributed by atoms with Gasteiger partial charge >= 0.3 is 11.6 Å². The third kappa shape index (κ3) is 2.74. The van der Waals surface area contributed by atoms with Gasteiger partial charge in [0.05, 0.1) is 12.0 Å². The Morgan fingerprint density at radius 3 is 2.58 bits per heavy atom. The molecule has 0 aliphatic rings. The van der Waals surface area contributed by atoms with Gasteiger partial charge in [0.15, 0.2) is 0 Å². The van der Waals surface area contributed by atoms with Crippen LogP contribution in [0.4, 0.5) is 0 Å². The molecule has 6 heteroatoms. The molecule has 0 bridgehead atoms. The number of carbonyl (C=O) groups is 1. The molecule has 0 unspecified atom stereocenters. The summed E-state index contributed by atoms with van der Waals surface area (Å²) in [7, 11) is 0. The topological polar surface area (TPSA) is 76.7 Å². The second-order valence-electron chi connectivity index (χ2n) is 5.02. The Labute approximate surface area is 142 Å². The fraction of sp³-hybridized carbons (Fsp3) is 0.111. The Kier molecular flexibility index (Phi) is 4.27. The average Bonchev–Trinajstić information content (AvgIpc) is 2.57. The van der Waals surface area contributed by atoms with Crippen molar-refractivity contribution in [3.05, 3.63) is 63.7 Å². The number of hydrogen-bond donors (Lipinski definition) is 1. The number of rotatable bonds is 4. The van der Waals surface area contributed by atoms with E-state index < -0.39 is 17.4 Å². The first kappa shape index (κ1) is 16.1. The van der Waals surface area contributed by atoms with Crippen LogP contribution in [0.25, 0.3) is 21.9 Å². The molecule has 0 amide bonds. The van der Waals surface area contributed by atoms with Gasteiger partial charge in [-0.25, -0.2) is 9.59 Å². The monoisotopic (exact) mass is 344 g/mol. The third-order valence-corrected chi connectivity index (χ3v) is 3.78. The van der Waals surface area contributed by atoms with Crippen LogP contribution >= 0.6 is 11.6 Å². The predicted octanol–water partition coefficient (Wildman–Crippen LogP) is 4.21. The molecule has 0 saturated carbocycles. The minimum Gasteiger partial charge on any atom is -0.493 e. The van der Waals surface area contributed by atoms with Crippen molar-refractivity contribution < 1.29 is 19.1 Å². The van der Waals surface area contributed by atoms with Gasteiger partial charge in [0.2, 0.25) is 5.76 Å². The maximum Gasteiger partial charge on any atom is 0.372 e. The van der Waals surface area contributed by atoms with Gasteiger partial charge in [-0.15, -0.1) is 0 Å². The maximum atomic E-state index is 12.1. The number of carboxylic acids is 1. The van der Waals surface area contributed by atoms with E-state index in [-0.39, 0.29) is 5.56 Å². The SMILES string of the molecule is CCOc1ccc(Cl)cc1-c1c(C(=O)O)oc(=O)c2ccccc12. The zero-order valence-electron chi connectivity index (χ0n) is 12.7. The molecule has 24 heavy (non-hydrogen) atoms. The lowest BCUT2D eigenvalue weighted by atomic mass is 9.97. The lowest BCUT2D eigenvalue weighted by Gasteiger charge is -2.14. The fourth-order valence-corrected chi connectivity index (χ4v) is 2.77. The van der Waals surface area contributed by atoms with E-state index in [1.54, 1.807) is 42.5 Å². The lowest BCUT2D eigenvalue weighted by molar-refractivity contribution is 0.0659. The van der Waals surface area contributed by atoms with Gasteiger partial charge < -0.3 is 14.3 Å². The molecule has 1 heterocycles. The van der Waals surface area contributed by atoms with E-state index in [2.05, 4.69) is 0 Å². The molecule has 1 aromatic heterocycles. The highest BCUT2D eigenvalue weighted by Gasteiger charge is 2.23. The molecule has 0 saturated heterocycles. The zero-order valence-corrected chi connectivity index (χ0v) is 13.5. The fourth-order valence-electron chi connectivity index (χ4n) is 2.60. The van der Waals surface area contributed by atoms with Crippen molar-refractivity contribution in [1.29, 1.82) is 0 Å². The first-order chi connectivity index (χ1) is 11.5. The Hall–Kier alpha value is -2.79. The second-order valence-corrected chi connectivity index (χ2v) is 5.45. The van der Waals surface area contributed by atoms with E-state index in [9.17, 15) is 14.7 Å². The normalized spacial score (nSPS) is 10.8. The molecule has 5 nitrogen and oxygen atoms in total. The highest BCUT2D eigenvalue weighted by molar-refractivity contribution is 6.31. The van der Waals surface area contributed by atoms with E-state index in [1.807, 2.05) is 6.92 Å². The molecule has 3 rings (SSSR count). The standard InChI is InChI=1S/C18H13ClO5/c1-2-23-14-8-7-10(19)9-13(14)15-11-5-3-4-6-12(11)18(22)24-16(15)17(20)21/h3-9H,2H2,1H3,(H,20,21). The van der Waals surface area contributed by atoms with Crippen LogP contribution in [-0.4, -0.2) is 17.7 Å². The molecule has 1 N–H and O–H groups in total. The summed E-state index contributed by atoms with van der Waals surface area (Å²) in [5.74, 6) is -1.32. The number of aromatic carboxylic acids is 1. The van der Waals surface area contributed by atoms with Crippen molar-refractivity contribution >= 4 is 28.3 Å². The van der Waals surface area contributed by atoms with Crippen LogP contribution in [0.15, 0.2) is 51.7 Å². The molecular formula is C18H13ClO5. The quantitative estimate of drug-likeness (QED) is 0.767. The number of benzene rings is 2. The largest absolute Gasteiger partial charge is 0.493 e. The minimum atomic E-state index is -1.34. The molecular weight excluding hydrogens is 332 g/mol. The summed E-state index contributed by atoms with van der Waals surface area (Å²) in [6, 6.07) is 11.6. The van der Waals surface area contributed by atoms with Crippen molar-refractivity contribution in [2.45, 2.75) is 6.92 Å². The minimum absolute atomic E-state index is 0.267. The van der Waals surface area contributed by atoms with Crippen LogP contribution in [0.5, 0.6) is 5.75 Å². The summed E-state index contributed by atoms with van der Waals surface area (Å²) in [5, 5.41) is 10.7. The first-order valence-corrected chi connectivity index (χ1v) is 7.62. The van der Waals surface area contributed by atoms with Gasteiger partial charge in [-0.3, -0.25) is 0 Å². The molecule has 0 aliphatic heterocycles. The third-order valence-electron chi connectivity index (χ3n) is 3.54. The summed E-state index contributed by atoms with van der Waals surface area (Å²) in [4.78, 5) is 23.7. The van der Waals surface area contributed by atoms with E-state index in [1.165, 1.54) is 0 Å². The Balaban J connectivity index is 2.48. The van der Waals surface area contributed by atoms with Crippen LogP contribution in [0.2, 0.25) is 5.02 Å². The van der Waals surface area contributed by atoms with Crippen molar-refractivity contribution in [2.75, 3.05) is 6.61 Å². The molecule has 0 fully saturated rings. The summed E-state index contributed by atoms with van der Waals surface area (Å²) in [6.45, 7) is 2.21. The lowest BCUT2D eigenvalue weighted by Crippen LogP contribution is -2.10. The van der Waals surface area contributed by atoms with E-state index >= 15 is 0 Å². The summed E-state index contributed by atoms with van der Waals surface area (Å²) < 4.78 is 10.6. The van der Waals surface area contributed by atoms with Gasteiger partial charge in [0, 0.05) is 21.5 Å². The van der Waals surface area contributed by atoms with Gasteiger partial charge in [0.1, 0.15) is 5.75 Å². The summed E-state index contributed by atoms with van der Waals surface area (Å²) in [5.41, 5.74) is 0.0251. The zero-order chi connectivity index (χ0) is 17.3. The summed E-state index contributed by atoms with van der Waals surface area (Å²) in [6.07, 6.45) is 0. The van der Waals surface area contributed by atoms with Crippen molar-refractivity contribution in [3.63, 3.8) is 0 Å². The van der Waals surface area contributed by atoms with Crippen LogP contribution in [0.1, 0.15) is 17.5 Å². The van der Waals surface area contributed by atoms with Gasteiger partial charge in [-0.2, -0.15) is 0 Å². The van der Waals surface area contributed by atoms with Gasteiger partial charge in [-0.05, 0) is 31.2 Å². The Morgan fingerprint density at radius 2 is 1.92 bits per heavy atom. The first-order valence-electron chi connectivity index (χ1n) is 7.24. The molecule has 3 aromatic rings. The highest BCUT2D eigenvalue weighted by atomic mass is 35.5. The summed E-state index contributed by atoms with van der Waals surface area (Å²) >= 11 is 6.09. The van der Waals surface area contributed by atoms with Gasteiger partial charge in [0.25, 0.3) is 0 Å². The number of carboxylic acid groups (broad SMARTS) is 1. The average molecular weight is 345 g/mol. The van der Waals surface area contributed by atoms with Crippen LogP contribution in [-0.2, 0) is 0 Å². The van der Waals surface area contributed by atoms with E-state index in [4.69, 9.17) is 20.8 Å². The number of halogens is 1. The van der Waals surface area contributed by atoms with Crippen LogP contribution in [0.3, 0.4) is 0 Å². The maximum absolute atomic E-state index is 12.1. The van der Waals surface area contributed by atoms with Gasteiger partial charge in [-0.1, -0.05) is 29.8 Å². The Morgan fingerprint density at radius 1 is 1.21 bits per heavy atom. The van der Waals surface area contributed by atoms with E-state index in [0.29, 0.717) is 33.7 Å². The molecule has 0 atom stereocenters. The van der Waals surface area contributed by atoms with Crippen molar-refractivity contribution in [1.82, 2.24) is 0 Å². The van der Waals surface area contributed by atoms with Crippen LogP contribution < -0.4 is 10.4 Å². The highest BCUT2D eigenvalue weighted by Crippen LogP contribution is 2.38. The molecule has 122 valence electrons.